The fourth-order valence-corrected chi connectivity index (χ4v) is 5.03. The number of amides is 1. The van der Waals surface area contributed by atoms with Gasteiger partial charge in [-0.05, 0) is 92.9 Å². The molecule has 3 rings (SSSR count). The Hall–Kier alpha value is -3.17. The van der Waals surface area contributed by atoms with Crippen molar-refractivity contribution in [2.75, 3.05) is 35.6 Å². The van der Waals surface area contributed by atoms with E-state index >= 15 is 0 Å². The maximum Gasteiger partial charge on any atom is 0.264 e. The molecule has 1 N–H and O–H groups in total. The number of sulfonamides is 1. The maximum atomic E-state index is 13.5. The third-order valence-electron chi connectivity index (χ3n) is 4.82. The topological polar surface area (TPSA) is 84.9 Å². The van der Waals surface area contributed by atoms with Crippen LogP contribution in [0.15, 0.2) is 82.6 Å². The van der Waals surface area contributed by atoms with Crippen molar-refractivity contribution in [3.05, 3.63) is 72.8 Å². The molecule has 3 aromatic rings. The molecule has 0 aliphatic heterocycles. The quantitative estimate of drug-likeness (QED) is 0.371. The number of nitrogens with one attached hydrogen (secondary N) is 1. The molecular formula is C25H28N2O5S2. The van der Waals surface area contributed by atoms with E-state index in [9.17, 15) is 13.2 Å². The number of rotatable bonds is 11. The van der Waals surface area contributed by atoms with Crippen molar-refractivity contribution in [1.29, 1.82) is 0 Å². The van der Waals surface area contributed by atoms with Gasteiger partial charge in [0.1, 0.15) is 18.0 Å². The molecule has 0 heterocycles. The van der Waals surface area contributed by atoms with Crippen molar-refractivity contribution < 1.29 is 22.7 Å². The molecule has 0 atom stereocenters. The van der Waals surface area contributed by atoms with Crippen LogP contribution in [-0.4, -0.2) is 40.3 Å². The molecule has 0 radical (unpaired) electrons. The molecule has 0 fully saturated rings. The van der Waals surface area contributed by atoms with Crippen LogP contribution in [0.1, 0.15) is 13.8 Å². The highest BCUT2D eigenvalue weighted by molar-refractivity contribution is 7.98. The molecule has 1 amide bonds. The Labute approximate surface area is 205 Å². The minimum atomic E-state index is -4.00. The lowest BCUT2D eigenvalue weighted by molar-refractivity contribution is -0.114. The number of ether oxygens (including phenoxy) is 2. The van der Waals surface area contributed by atoms with Crippen LogP contribution in [0.4, 0.5) is 11.4 Å². The molecule has 0 saturated heterocycles. The number of carbonyl (C=O) groups is 1. The second kappa shape index (κ2) is 11.8. The molecule has 0 bridgehead atoms. The molecule has 0 aromatic heterocycles. The van der Waals surface area contributed by atoms with Gasteiger partial charge >= 0.3 is 0 Å². The number of thioether (sulfide) groups is 1. The van der Waals surface area contributed by atoms with Gasteiger partial charge in [-0.2, -0.15) is 0 Å². The molecule has 0 unspecified atom stereocenters. The average molecular weight is 501 g/mol. The molecule has 9 heteroatoms. The highest BCUT2D eigenvalue weighted by Crippen LogP contribution is 2.27. The van der Waals surface area contributed by atoms with E-state index in [0.29, 0.717) is 36.1 Å². The molecule has 0 saturated carbocycles. The molecule has 180 valence electrons. The lowest BCUT2D eigenvalue weighted by atomic mass is 10.3. The minimum Gasteiger partial charge on any atom is -0.494 e. The molecule has 0 aliphatic rings. The second-order valence-electron chi connectivity index (χ2n) is 7.12. The van der Waals surface area contributed by atoms with Crippen LogP contribution < -0.4 is 19.1 Å². The highest BCUT2D eigenvalue weighted by atomic mass is 32.2. The minimum absolute atomic E-state index is 0.105. The monoisotopic (exact) mass is 500 g/mol. The number of hydrogen-bond acceptors (Lipinski definition) is 6. The van der Waals surface area contributed by atoms with Gasteiger partial charge in [-0.1, -0.05) is 0 Å². The molecule has 7 nitrogen and oxygen atoms in total. The van der Waals surface area contributed by atoms with E-state index in [-0.39, 0.29) is 4.90 Å². The summed E-state index contributed by atoms with van der Waals surface area (Å²) in [6.07, 6.45) is 1.92. The zero-order chi connectivity index (χ0) is 24.6. The number of benzene rings is 3. The summed E-state index contributed by atoms with van der Waals surface area (Å²) in [5.74, 6) is 0.835. The van der Waals surface area contributed by atoms with E-state index in [1.807, 2.05) is 20.1 Å². The van der Waals surface area contributed by atoms with Crippen LogP contribution >= 0.6 is 11.8 Å². The number of anilines is 2. The first-order chi connectivity index (χ1) is 16.4. The lowest BCUT2D eigenvalue weighted by Crippen LogP contribution is -2.38. The summed E-state index contributed by atoms with van der Waals surface area (Å²) < 4.78 is 39.1. The second-order valence-corrected chi connectivity index (χ2v) is 9.86. The first kappa shape index (κ1) is 25.5. The maximum absolute atomic E-state index is 13.5. The summed E-state index contributed by atoms with van der Waals surface area (Å²) in [5, 5.41) is 2.76. The van der Waals surface area contributed by atoms with Gasteiger partial charge in [0.15, 0.2) is 0 Å². The van der Waals surface area contributed by atoms with Crippen molar-refractivity contribution in [3.8, 4) is 11.5 Å². The summed E-state index contributed by atoms with van der Waals surface area (Å²) >= 11 is 1.52. The van der Waals surface area contributed by atoms with Gasteiger partial charge in [0, 0.05) is 10.6 Å². The first-order valence-electron chi connectivity index (χ1n) is 10.8. The van der Waals surface area contributed by atoms with Crippen LogP contribution in [0.25, 0.3) is 0 Å². The van der Waals surface area contributed by atoms with Crippen LogP contribution in [0, 0.1) is 0 Å². The summed E-state index contributed by atoms with van der Waals surface area (Å²) in [6, 6.07) is 20.1. The number of carbonyl (C=O) groups excluding carboxylic acids is 1. The summed E-state index contributed by atoms with van der Waals surface area (Å²) in [5.41, 5.74) is 0.904. The van der Waals surface area contributed by atoms with E-state index in [0.717, 1.165) is 9.20 Å². The summed E-state index contributed by atoms with van der Waals surface area (Å²) in [7, 11) is -4.00. The third kappa shape index (κ3) is 6.45. The van der Waals surface area contributed by atoms with Crippen LogP contribution in [0.2, 0.25) is 0 Å². The van der Waals surface area contributed by atoms with Gasteiger partial charge in [0.25, 0.3) is 10.0 Å². The standard InChI is InChI=1S/C25H28N2O5S2/c1-4-31-21-10-6-19(7-11-21)26-25(28)18-27(20-8-12-22(13-9-20)32-5-2)34(29,30)24-16-14-23(33-3)15-17-24/h6-17H,4-5,18H2,1-3H3,(H,26,28). The van der Waals surface area contributed by atoms with Gasteiger partial charge in [0.2, 0.25) is 5.91 Å². The number of hydrogen-bond donors (Lipinski definition) is 1. The van der Waals surface area contributed by atoms with Gasteiger partial charge in [0.05, 0.1) is 23.8 Å². The molecule has 3 aromatic carbocycles. The zero-order valence-corrected chi connectivity index (χ0v) is 21.0. The Bertz CT molecular complexity index is 1180. The number of nitrogens with zero attached hydrogens (tertiary/aromatic N) is 1. The Morgan fingerprint density at radius 2 is 1.38 bits per heavy atom. The van der Waals surface area contributed by atoms with E-state index in [1.165, 1.54) is 11.8 Å². The Morgan fingerprint density at radius 3 is 1.88 bits per heavy atom. The van der Waals surface area contributed by atoms with Crippen molar-refractivity contribution in [2.45, 2.75) is 23.6 Å². The normalized spacial score (nSPS) is 11.0. The largest absolute Gasteiger partial charge is 0.494 e. The fraction of sp³-hybridized carbons (Fsp3) is 0.240. The van der Waals surface area contributed by atoms with Crippen molar-refractivity contribution in [3.63, 3.8) is 0 Å². The van der Waals surface area contributed by atoms with Gasteiger partial charge in [-0.3, -0.25) is 9.10 Å². The molecule has 34 heavy (non-hydrogen) atoms. The Kier molecular flexibility index (Phi) is 8.84. The third-order valence-corrected chi connectivity index (χ3v) is 7.35. The van der Waals surface area contributed by atoms with Crippen LogP contribution in [0.3, 0.4) is 0 Å². The van der Waals surface area contributed by atoms with Gasteiger partial charge in [-0.25, -0.2) is 8.42 Å². The summed E-state index contributed by atoms with van der Waals surface area (Å²) in [6.45, 7) is 4.40. The molecule has 0 aliphatic carbocycles. The van der Waals surface area contributed by atoms with E-state index < -0.39 is 22.5 Å². The van der Waals surface area contributed by atoms with E-state index in [2.05, 4.69) is 5.32 Å². The first-order valence-corrected chi connectivity index (χ1v) is 13.5. The van der Waals surface area contributed by atoms with Gasteiger partial charge in [-0.15, -0.1) is 11.8 Å². The van der Waals surface area contributed by atoms with Crippen molar-refractivity contribution in [1.82, 2.24) is 0 Å². The predicted octanol–water partition coefficient (Wildman–Crippen LogP) is 5.04. The summed E-state index contributed by atoms with van der Waals surface area (Å²) in [4.78, 5) is 13.9. The van der Waals surface area contributed by atoms with Crippen LogP contribution in [-0.2, 0) is 14.8 Å². The Balaban J connectivity index is 1.88. The Morgan fingerprint density at radius 1 is 0.853 bits per heavy atom. The SMILES string of the molecule is CCOc1ccc(NC(=O)CN(c2ccc(OCC)cc2)S(=O)(=O)c2ccc(SC)cc2)cc1. The van der Waals surface area contributed by atoms with Crippen molar-refractivity contribution >= 4 is 39.1 Å². The van der Waals surface area contributed by atoms with Crippen LogP contribution in [0.5, 0.6) is 11.5 Å². The van der Waals surface area contributed by atoms with Crippen molar-refractivity contribution in [2.24, 2.45) is 0 Å². The van der Waals surface area contributed by atoms with E-state index in [1.54, 1.807) is 72.8 Å². The van der Waals surface area contributed by atoms with Gasteiger partial charge < -0.3 is 14.8 Å². The lowest BCUT2D eigenvalue weighted by Gasteiger charge is -2.24. The van der Waals surface area contributed by atoms with E-state index in [4.69, 9.17) is 9.47 Å². The zero-order valence-electron chi connectivity index (χ0n) is 19.4. The molecular weight excluding hydrogens is 472 g/mol. The fourth-order valence-electron chi connectivity index (χ4n) is 3.20. The molecule has 0 spiro atoms. The highest BCUT2D eigenvalue weighted by Gasteiger charge is 2.27. The smallest absolute Gasteiger partial charge is 0.264 e. The predicted molar refractivity (Wildman–Crippen MR) is 137 cm³/mol. The average Bonchev–Trinajstić information content (AvgIpc) is 2.85.